The van der Waals surface area contributed by atoms with Gasteiger partial charge in [0, 0.05) is 18.1 Å². The normalized spacial score (nSPS) is 14.6. The lowest BCUT2D eigenvalue weighted by atomic mass is 9.97. The third-order valence-corrected chi connectivity index (χ3v) is 4.82. The molecule has 0 unspecified atom stereocenters. The van der Waals surface area contributed by atoms with E-state index < -0.39 is 11.6 Å². The first-order chi connectivity index (χ1) is 12.1. The average molecular weight is 344 g/mol. The number of Topliss-reactive ketones (excluding diaryl/α,β-unsaturated/α-hetero) is 1. The number of ketones is 1. The number of ether oxygens (including phenoxy) is 1. The van der Waals surface area contributed by atoms with Crippen molar-refractivity contribution in [2.45, 2.75) is 45.1 Å². The maximum absolute atomic E-state index is 13.5. The smallest absolute Gasteiger partial charge is 0.165 e. The third-order valence-electron chi connectivity index (χ3n) is 4.82. The molecule has 0 atom stereocenters. The zero-order valence-corrected chi connectivity index (χ0v) is 14.1. The van der Waals surface area contributed by atoms with Gasteiger partial charge in [-0.05, 0) is 30.0 Å². The Morgan fingerprint density at radius 2 is 1.76 bits per heavy atom. The van der Waals surface area contributed by atoms with E-state index >= 15 is 0 Å². The van der Waals surface area contributed by atoms with Crippen LogP contribution in [0.15, 0.2) is 42.5 Å². The van der Waals surface area contributed by atoms with Crippen LogP contribution in [0, 0.1) is 17.6 Å². The molecule has 2 aromatic rings. The topological polar surface area (TPSA) is 26.3 Å². The van der Waals surface area contributed by atoms with Crippen LogP contribution in [0.25, 0.3) is 0 Å². The molecule has 3 rings (SSSR count). The van der Waals surface area contributed by atoms with Gasteiger partial charge in [-0.15, -0.1) is 0 Å². The summed E-state index contributed by atoms with van der Waals surface area (Å²) < 4.78 is 32.0. The Morgan fingerprint density at radius 3 is 2.48 bits per heavy atom. The molecule has 0 radical (unpaired) electrons. The molecule has 25 heavy (non-hydrogen) atoms. The maximum Gasteiger partial charge on any atom is 0.165 e. The molecular formula is C21H22F2O2. The number of carbonyl (C=O) groups is 1. The average Bonchev–Trinajstić information content (AvgIpc) is 3.14. The molecular weight excluding hydrogens is 322 g/mol. The lowest BCUT2D eigenvalue weighted by Crippen LogP contribution is -2.04. The Kier molecular flexibility index (Phi) is 5.79. The van der Waals surface area contributed by atoms with Crippen molar-refractivity contribution in [3.63, 3.8) is 0 Å². The quantitative estimate of drug-likeness (QED) is 0.603. The molecule has 0 aliphatic heterocycles. The lowest BCUT2D eigenvalue weighted by Gasteiger charge is -2.09. The highest BCUT2D eigenvalue weighted by atomic mass is 19.1. The van der Waals surface area contributed by atoms with Gasteiger partial charge in [-0.3, -0.25) is 4.79 Å². The molecule has 1 aliphatic rings. The number of hydrogen-bond acceptors (Lipinski definition) is 2. The Hall–Kier alpha value is -2.23. The highest BCUT2D eigenvalue weighted by molar-refractivity contribution is 5.96. The van der Waals surface area contributed by atoms with Crippen LogP contribution in [0.4, 0.5) is 8.78 Å². The van der Waals surface area contributed by atoms with Gasteiger partial charge >= 0.3 is 0 Å². The minimum atomic E-state index is -0.597. The number of hydrogen-bond donors (Lipinski definition) is 0. The van der Waals surface area contributed by atoms with Crippen molar-refractivity contribution in [3.05, 3.63) is 65.2 Å². The predicted octanol–water partition coefficient (Wildman–Crippen LogP) is 5.70. The van der Waals surface area contributed by atoms with Gasteiger partial charge in [0.15, 0.2) is 17.3 Å². The summed E-state index contributed by atoms with van der Waals surface area (Å²) in [6, 6.07) is 10.2. The summed E-state index contributed by atoms with van der Waals surface area (Å²) in [5, 5.41) is 0. The highest BCUT2D eigenvalue weighted by Crippen LogP contribution is 2.29. The van der Waals surface area contributed by atoms with Crippen molar-refractivity contribution >= 4 is 5.78 Å². The van der Waals surface area contributed by atoms with Crippen LogP contribution in [-0.2, 0) is 6.61 Å². The Balaban J connectivity index is 1.52. The van der Waals surface area contributed by atoms with E-state index in [9.17, 15) is 13.6 Å². The summed E-state index contributed by atoms with van der Waals surface area (Å²) >= 11 is 0. The molecule has 2 aromatic carbocycles. The van der Waals surface area contributed by atoms with Crippen molar-refractivity contribution in [2.24, 2.45) is 5.92 Å². The number of carbonyl (C=O) groups excluding carboxylic acids is 1. The molecule has 0 aromatic heterocycles. The van der Waals surface area contributed by atoms with Crippen LogP contribution in [0.1, 0.15) is 54.4 Å². The first kappa shape index (κ1) is 17.6. The molecule has 2 nitrogen and oxygen atoms in total. The first-order valence-corrected chi connectivity index (χ1v) is 8.82. The summed E-state index contributed by atoms with van der Waals surface area (Å²) in [4.78, 5) is 12.3. The third kappa shape index (κ3) is 4.88. The van der Waals surface area contributed by atoms with E-state index in [1.807, 2.05) is 0 Å². The van der Waals surface area contributed by atoms with Crippen LogP contribution < -0.4 is 4.74 Å². The second-order valence-electron chi connectivity index (χ2n) is 6.67. The van der Waals surface area contributed by atoms with E-state index in [2.05, 4.69) is 0 Å². The van der Waals surface area contributed by atoms with Crippen LogP contribution >= 0.6 is 0 Å². The molecule has 0 N–H and O–H groups in total. The monoisotopic (exact) mass is 344 g/mol. The van der Waals surface area contributed by atoms with E-state index in [1.165, 1.54) is 25.7 Å². The predicted molar refractivity (Wildman–Crippen MR) is 92.7 cm³/mol. The molecule has 132 valence electrons. The minimum absolute atomic E-state index is 0.114. The van der Waals surface area contributed by atoms with Crippen LogP contribution in [0.3, 0.4) is 0 Å². The van der Waals surface area contributed by atoms with Gasteiger partial charge in [0.1, 0.15) is 12.4 Å². The van der Waals surface area contributed by atoms with E-state index in [0.717, 1.165) is 30.2 Å². The molecule has 0 saturated heterocycles. The van der Waals surface area contributed by atoms with Gasteiger partial charge in [-0.25, -0.2) is 8.78 Å². The first-order valence-electron chi connectivity index (χ1n) is 8.82. The summed E-state index contributed by atoms with van der Waals surface area (Å²) in [6.45, 7) is 0.122. The van der Waals surface area contributed by atoms with Gasteiger partial charge in [0.05, 0.1) is 0 Å². The van der Waals surface area contributed by atoms with Gasteiger partial charge in [-0.2, -0.15) is 0 Å². The van der Waals surface area contributed by atoms with Gasteiger partial charge < -0.3 is 4.74 Å². The SMILES string of the molecule is O=C(CCC1CCCC1)c1ccc(COc2cc(F)ccc2F)cc1. The van der Waals surface area contributed by atoms with Crippen LogP contribution in [0.5, 0.6) is 5.75 Å². The number of benzene rings is 2. The second-order valence-corrected chi connectivity index (χ2v) is 6.67. The zero-order chi connectivity index (χ0) is 17.6. The van der Waals surface area contributed by atoms with Gasteiger partial charge in [0.25, 0.3) is 0 Å². The molecule has 0 heterocycles. The molecule has 1 fully saturated rings. The maximum atomic E-state index is 13.5. The fraction of sp³-hybridized carbons (Fsp3) is 0.381. The lowest BCUT2D eigenvalue weighted by molar-refractivity contribution is 0.0974. The summed E-state index contributed by atoms with van der Waals surface area (Å²) in [5.41, 5.74) is 1.50. The van der Waals surface area contributed by atoms with Crippen molar-refractivity contribution in [3.8, 4) is 5.75 Å². The van der Waals surface area contributed by atoms with Gasteiger partial charge in [-0.1, -0.05) is 49.9 Å². The summed E-state index contributed by atoms with van der Waals surface area (Å²) in [7, 11) is 0. The van der Waals surface area contributed by atoms with Crippen LogP contribution in [0.2, 0.25) is 0 Å². The van der Waals surface area contributed by atoms with E-state index in [0.29, 0.717) is 17.9 Å². The Morgan fingerprint density at radius 1 is 1.04 bits per heavy atom. The Bertz CT molecular complexity index is 719. The van der Waals surface area contributed by atoms with E-state index in [4.69, 9.17) is 4.74 Å². The standard InChI is InChI=1S/C21H22F2O2/c22-18-10-11-19(23)21(13-18)25-14-16-5-8-17(9-6-16)20(24)12-7-15-3-1-2-4-15/h5-6,8-11,13,15H,1-4,7,12,14H2. The molecule has 1 saturated carbocycles. The molecule has 1 aliphatic carbocycles. The van der Waals surface area contributed by atoms with Crippen molar-refractivity contribution in [1.29, 1.82) is 0 Å². The fourth-order valence-electron chi connectivity index (χ4n) is 3.31. The highest BCUT2D eigenvalue weighted by Gasteiger charge is 2.16. The number of halogens is 2. The van der Waals surface area contributed by atoms with Crippen molar-refractivity contribution < 1.29 is 18.3 Å². The largest absolute Gasteiger partial charge is 0.486 e. The fourth-order valence-corrected chi connectivity index (χ4v) is 3.31. The van der Waals surface area contributed by atoms with E-state index in [1.54, 1.807) is 24.3 Å². The summed E-state index contributed by atoms with van der Waals surface area (Å²) in [6.07, 6.45) is 6.65. The molecule has 0 bridgehead atoms. The van der Waals surface area contributed by atoms with E-state index in [-0.39, 0.29) is 18.1 Å². The van der Waals surface area contributed by atoms with Gasteiger partial charge in [0.2, 0.25) is 0 Å². The molecule has 4 heteroatoms. The Labute approximate surface area is 146 Å². The zero-order valence-electron chi connectivity index (χ0n) is 14.1. The molecule has 0 amide bonds. The minimum Gasteiger partial charge on any atom is -0.486 e. The second kappa shape index (κ2) is 8.24. The van der Waals surface area contributed by atoms with Crippen LogP contribution in [-0.4, -0.2) is 5.78 Å². The molecule has 0 spiro atoms. The summed E-state index contributed by atoms with van der Waals surface area (Å²) in [5.74, 6) is -0.384. The number of rotatable bonds is 7. The van der Waals surface area contributed by atoms with Crippen molar-refractivity contribution in [2.75, 3.05) is 0 Å². The van der Waals surface area contributed by atoms with Crippen molar-refractivity contribution in [1.82, 2.24) is 0 Å².